The number of guanidine groups is 1. The van der Waals surface area contributed by atoms with Crippen LogP contribution in [0, 0.1) is 18.4 Å². The molecule has 0 saturated heterocycles. The average Bonchev–Trinajstić information content (AvgIpc) is 2.95. The van der Waals surface area contributed by atoms with Gasteiger partial charge in [0.25, 0.3) is 0 Å². The van der Waals surface area contributed by atoms with Gasteiger partial charge in [0.1, 0.15) is 0 Å². The predicted octanol–water partition coefficient (Wildman–Crippen LogP) is -0.957. The van der Waals surface area contributed by atoms with Crippen LogP contribution in [0.5, 0.6) is 0 Å². The quantitative estimate of drug-likeness (QED) is 0.128. The number of nitrogens with zero attached hydrogens (tertiary/aromatic N) is 3. The van der Waals surface area contributed by atoms with Crippen LogP contribution in [-0.2, 0) is 10.5 Å². The molecule has 0 aromatic carbocycles. The van der Waals surface area contributed by atoms with E-state index in [0.717, 1.165) is 22.9 Å². The van der Waals surface area contributed by atoms with Crippen molar-refractivity contribution in [3.05, 3.63) is 17.7 Å². The fraction of sp³-hybridized carbons (Fsp3) is 0.538. The summed E-state index contributed by atoms with van der Waals surface area (Å²) < 4.78 is 0. The Morgan fingerprint density at radius 3 is 2.96 bits per heavy atom. The van der Waals surface area contributed by atoms with Gasteiger partial charge >= 0.3 is 0 Å². The molecule has 1 rings (SSSR count). The Kier molecular flexibility index (Phi) is 9.26. The number of hydrogen-bond donors (Lipinski definition) is 5. The number of aromatic amines is 1. The Hall–Kier alpha value is -2.25. The van der Waals surface area contributed by atoms with Gasteiger partial charge in [0.2, 0.25) is 11.9 Å². The number of rotatable bonds is 9. The molecule has 0 saturated carbocycles. The third-order valence-corrected chi connectivity index (χ3v) is 3.73. The molecule has 0 spiro atoms. The molecule has 0 radical (unpaired) electrons. The van der Waals surface area contributed by atoms with E-state index in [-0.39, 0.29) is 12.5 Å². The second kappa shape index (κ2) is 11.3. The number of amides is 1. The fourth-order valence-electron chi connectivity index (χ4n) is 1.57. The number of carbonyl (C=O) groups excluding carboxylic acids is 1. The summed E-state index contributed by atoms with van der Waals surface area (Å²) in [6.45, 7) is 3.39. The van der Waals surface area contributed by atoms with Crippen molar-refractivity contribution in [3.63, 3.8) is 0 Å². The number of nitrogens with one attached hydrogen (secondary N) is 4. The molecule has 23 heavy (non-hydrogen) atoms. The van der Waals surface area contributed by atoms with Crippen molar-refractivity contribution in [2.24, 2.45) is 10.7 Å². The van der Waals surface area contributed by atoms with Gasteiger partial charge in [0.15, 0.2) is 6.19 Å². The summed E-state index contributed by atoms with van der Waals surface area (Å²) in [6, 6.07) is 0. The zero-order valence-electron chi connectivity index (χ0n) is 13.1. The maximum atomic E-state index is 11.0. The molecular formula is C13H22N8OS. The number of aromatic nitrogens is 2. The van der Waals surface area contributed by atoms with E-state index in [0.29, 0.717) is 25.6 Å². The summed E-state index contributed by atoms with van der Waals surface area (Å²) in [4.78, 5) is 22.5. The minimum absolute atomic E-state index is 0.0376. The number of imidazole rings is 1. The van der Waals surface area contributed by atoms with E-state index in [1.807, 2.05) is 13.1 Å². The van der Waals surface area contributed by atoms with Crippen LogP contribution in [0.15, 0.2) is 11.3 Å². The van der Waals surface area contributed by atoms with Gasteiger partial charge in [-0.3, -0.25) is 15.1 Å². The summed E-state index contributed by atoms with van der Waals surface area (Å²) in [6.07, 6.45) is 3.51. The van der Waals surface area contributed by atoms with Crippen molar-refractivity contribution in [1.29, 1.82) is 5.26 Å². The maximum absolute atomic E-state index is 11.0. The van der Waals surface area contributed by atoms with Gasteiger partial charge in [-0.2, -0.15) is 17.0 Å². The Labute approximate surface area is 139 Å². The summed E-state index contributed by atoms with van der Waals surface area (Å²) in [5.41, 5.74) is 7.30. The Morgan fingerprint density at radius 2 is 2.30 bits per heavy atom. The van der Waals surface area contributed by atoms with Gasteiger partial charge in [-0.15, -0.1) is 0 Å². The Bertz CT molecular complexity index is 550. The molecule has 10 heteroatoms. The van der Waals surface area contributed by atoms with Crippen molar-refractivity contribution in [2.45, 2.75) is 12.7 Å². The zero-order chi connectivity index (χ0) is 16.9. The minimum Gasteiger partial charge on any atom is -0.354 e. The lowest BCUT2D eigenvalue weighted by Crippen LogP contribution is -2.41. The first-order chi connectivity index (χ1) is 11.2. The third kappa shape index (κ3) is 8.08. The largest absolute Gasteiger partial charge is 0.354 e. The molecule has 9 nitrogen and oxygen atoms in total. The van der Waals surface area contributed by atoms with Crippen LogP contribution in [0.3, 0.4) is 0 Å². The molecular weight excluding hydrogens is 316 g/mol. The molecule has 0 atom stereocenters. The van der Waals surface area contributed by atoms with Crippen molar-refractivity contribution < 1.29 is 4.79 Å². The number of nitrogens with two attached hydrogens (primary N) is 1. The highest BCUT2D eigenvalue weighted by Gasteiger charge is 2.01. The van der Waals surface area contributed by atoms with Crippen molar-refractivity contribution in [2.75, 3.05) is 31.9 Å². The molecule has 0 aliphatic heterocycles. The summed E-state index contributed by atoms with van der Waals surface area (Å²) in [7, 11) is 0. The predicted molar refractivity (Wildman–Crippen MR) is 90.6 cm³/mol. The summed E-state index contributed by atoms with van der Waals surface area (Å²) >= 11 is 1.72. The minimum atomic E-state index is -0.219. The monoisotopic (exact) mass is 338 g/mol. The molecule has 0 fully saturated rings. The van der Waals surface area contributed by atoms with Crippen LogP contribution in [-0.4, -0.2) is 53.8 Å². The van der Waals surface area contributed by atoms with E-state index in [2.05, 4.69) is 30.9 Å². The zero-order valence-corrected chi connectivity index (χ0v) is 13.9. The molecule has 1 aromatic heterocycles. The second-order valence-corrected chi connectivity index (χ2v) is 5.58. The summed E-state index contributed by atoms with van der Waals surface area (Å²) in [5, 5.41) is 16.7. The van der Waals surface area contributed by atoms with Crippen LogP contribution in [0.2, 0.25) is 0 Å². The van der Waals surface area contributed by atoms with Crippen LogP contribution in [0.1, 0.15) is 11.4 Å². The lowest BCUT2D eigenvalue weighted by Gasteiger charge is -2.08. The molecule has 0 unspecified atom stereocenters. The van der Waals surface area contributed by atoms with Crippen LogP contribution in [0.4, 0.5) is 0 Å². The normalized spacial score (nSPS) is 10.9. The number of aliphatic imine (C=N–C) groups is 1. The highest BCUT2D eigenvalue weighted by molar-refractivity contribution is 7.98. The van der Waals surface area contributed by atoms with E-state index in [1.165, 1.54) is 0 Å². The second-order valence-electron chi connectivity index (χ2n) is 4.47. The van der Waals surface area contributed by atoms with Gasteiger partial charge in [-0.1, -0.05) is 0 Å². The van der Waals surface area contributed by atoms with Crippen LogP contribution >= 0.6 is 11.8 Å². The molecule has 1 amide bonds. The average molecular weight is 338 g/mol. The number of aryl methyl sites for hydroxylation is 1. The SMILES string of the molecule is Cc1[nH]cnc1CSCCN=C(NC#N)NCCNC(=O)CN. The van der Waals surface area contributed by atoms with Gasteiger partial charge in [0, 0.05) is 30.3 Å². The lowest BCUT2D eigenvalue weighted by atomic mass is 10.4. The van der Waals surface area contributed by atoms with E-state index < -0.39 is 0 Å². The highest BCUT2D eigenvalue weighted by Crippen LogP contribution is 2.11. The van der Waals surface area contributed by atoms with Crippen molar-refractivity contribution >= 4 is 23.6 Å². The molecule has 126 valence electrons. The maximum Gasteiger partial charge on any atom is 0.233 e. The molecule has 0 aliphatic rings. The number of nitriles is 1. The number of H-pyrrole nitrogens is 1. The smallest absolute Gasteiger partial charge is 0.233 e. The number of thioether (sulfide) groups is 1. The van der Waals surface area contributed by atoms with E-state index in [9.17, 15) is 4.79 Å². The first-order valence-electron chi connectivity index (χ1n) is 7.14. The summed E-state index contributed by atoms with van der Waals surface area (Å²) in [5.74, 6) is 1.81. The Morgan fingerprint density at radius 1 is 1.52 bits per heavy atom. The van der Waals surface area contributed by atoms with Gasteiger partial charge in [0.05, 0.1) is 25.1 Å². The van der Waals surface area contributed by atoms with Crippen molar-refractivity contribution in [3.8, 4) is 6.19 Å². The molecule has 1 aromatic rings. The lowest BCUT2D eigenvalue weighted by molar-refractivity contribution is -0.119. The fourth-order valence-corrected chi connectivity index (χ4v) is 2.42. The van der Waals surface area contributed by atoms with Crippen LogP contribution in [0.25, 0.3) is 0 Å². The van der Waals surface area contributed by atoms with Crippen LogP contribution < -0.4 is 21.7 Å². The molecule has 0 aliphatic carbocycles. The highest BCUT2D eigenvalue weighted by atomic mass is 32.2. The first kappa shape index (κ1) is 18.8. The topological polar surface area (TPSA) is 144 Å². The standard InChI is InChI=1S/C13H22N8OS/c1-10-11(21-9-20-10)7-23-5-4-18-13(19-8-15)17-3-2-16-12(22)6-14/h9H,2-7,14H2,1H3,(H,16,22)(H,20,21)(H2,17,18,19). The third-order valence-electron chi connectivity index (χ3n) is 2.78. The van der Waals surface area contributed by atoms with Gasteiger partial charge < -0.3 is 21.4 Å². The molecule has 6 N–H and O–H groups in total. The Balaban J connectivity index is 2.22. The van der Waals surface area contributed by atoms with Crippen molar-refractivity contribution in [1.82, 2.24) is 25.9 Å². The van der Waals surface area contributed by atoms with E-state index >= 15 is 0 Å². The number of carbonyl (C=O) groups is 1. The first-order valence-corrected chi connectivity index (χ1v) is 8.29. The van der Waals surface area contributed by atoms with Gasteiger partial charge in [-0.05, 0) is 6.92 Å². The number of hydrogen-bond acceptors (Lipinski definition) is 6. The van der Waals surface area contributed by atoms with E-state index in [1.54, 1.807) is 18.1 Å². The molecule has 0 bridgehead atoms. The van der Waals surface area contributed by atoms with E-state index in [4.69, 9.17) is 11.0 Å². The van der Waals surface area contributed by atoms with Gasteiger partial charge in [-0.25, -0.2) is 4.98 Å². The molecule has 1 heterocycles.